The summed E-state index contributed by atoms with van der Waals surface area (Å²) in [4.78, 5) is 0. The van der Waals surface area contributed by atoms with Gasteiger partial charge in [-0.1, -0.05) is 51.8 Å². The number of ether oxygens (including phenoxy) is 1. The molecule has 0 aliphatic carbocycles. The van der Waals surface area contributed by atoms with Crippen molar-refractivity contribution >= 4 is 27.5 Å². The van der Waals surface area contributed by atoms with Crippen molar-refractivity contribution in [2.24, 2.45) is 0 Å². The minimum atomic E-state index is 0.538. The van der Waals surface area contributed by atoms with E-state index < -0.39 is 0 Å². The van der Waals surface area contributed by atoms with E-state index in [2.05, 4.69) is 41.9 Å². The van der Waals surface area contributed by atoms with Gasteiger partial charge in [0, 0.05) is 10.4 Å². The fourth-order valence-corrected chi connectivity index (χ4v) is 2.66. The third-order valence-electron chi connectivity index (χ3n) is 2.95. The van der Waals surface area contributed by atoms with Crippen LogP contribution < -0.4 is 4.74 Å². The van der Waals surface area contributed by atoms with Crippen molar-refractivity contribution in [1.29, 1.82) is 0 Å². The highest BCUT2D eigenvalue weighted by molar-refractivity contribution is 9.08. The molecular formula is C16H16BrClO. The number of hydrogen-bond donors (Lipinski definition) is 0. The molecule has 0 heterocycles. The SMILES string of the molecule is Cc1cc(CBr)cc(C)c1OCc1cccc(Cl)c1. The van der Waals surface area contributed by atoms with Gasteiger partial charge in [-0.2, -0.15) is 0 Å². The lowest BCUT2D eigenvalue weighted by Gasteiger charge is -2.13. The largest absolute Gasteiger partial charge is 0.488 e. The van der Waals surface area contributed by atoms with E-state index in [1.54, 1.807) is 0 Å². The topological polar surface area (TPSA) is 9.23 Å². The Kier molecular flexibility index (Phi) is 4.89. The highest BCUT2D eigenvalue weighted by Gasteiger charge is 2.06. The van der Waals surface area contributed by atoms with Crippen LogP contribution in [0.5, 0.6) is 5.75 Å². The molecule has 0 fully saturated rings. The fourth-order valence-electron chi connectivity index (χ4n) is 2.13. The van der Waals surface area contributed by atoms with Gasteiger partial charge in [0.15, 0.2) is 0 Å². The van der Waals surface area contributed by atoms with Crippen molar-refractivity contribution in [3.8, 4) is 5.75 Å². The Morgan fingerprint density at radius 2 is 1.74 bits per heavy atom. The Bertz CT molecular complexity index is 558. The maximum Gasteiger partial charge on any atom is 0.125 e. The van der Waals surface area contributed by atoms with Gasteiger partial charge >= 0.3 is 0 Å². The molecule has 0 aliphatic heterocycles. The summed E-state index contributed by atoms with van der Waals surface area (Å²) < 4.78 is 5.93. The second-order valence-corrected chi connectivity index (χ2v) is 5.61. The van der Waals surface area contributed by atoms with Gasteiger partial charge in [-0.15, -0.1) is 0 Å². The third kappa shape index (κ3) is 3.74. The Balaban J connectivity index is 2.16. The molecule has 0 atom stereocenters. The molecule has 0 unspecified atom stereocenters. The summed E-state index contributed by atoms with van der Waals surface area (Å²) in [5.74, 6) is 0.963. The molecule has 0 amide bonds. The summed E-state index contributed by atoms with van der Waals surface area (Å²) in [5, 5.41) is 1.60. The number of rotatable bonds is 4. The van der Waals surface area contributed by atoms with E-state index in [0.717, 1.165) is 32.8 Å². The molecule has 0 saturated heterocycles. The second-order valence-electron chi connectivity index (χ2n) is 4.61. The lowest BCUT2D eigenvalue weighted by Crippen LogP contribution is -1.99. The molecule has 2 aromatic rings. The van der Waals surface area contributed by atoms with Crippen LogP contribution in [0.1, 0.15) is 22.3 Å². The zero-order valence-corrected chi connectivity index (χ0v) is 13.4. The van der Waals surface area contributed by atoms with Crippen molar-refractivity contribution in [3.63, 3.8) is 0 Å². The number of hydrogen-bond acceptors (Lipinski definition) is 1. The van der Waals surface area contributed by atoms with E-state index >= 15 is 0 Å². The smallest absolute Gasteiger partial charge is 0.125 e. The van der Waals surface area contributed by atoms with Crippen molar-refractivity contribution in [2.75, 3.05) is 0 Å². The average molecular weight is 340 g/mol. The minimum Gasteiger partial charge on any atom is -0.488 e. The van der Waals surface area contributed by atoms with E-state index in [4.69, 9.17) is 16.3 Å². The van der Waals surface area contributed by atoms with Crippen LogP contribution in [-0.4, -0.2) is 0 Å². The van der Waals surface area contributed by atoms with Gasteiger partial charge < -0.3 is 4.74 Å². The zero-order chi connectivity index (χ0) is 13.8. The Morgan fingerprint density at radius 1 is 1.05 bits per heavy atom. The molecule has 0 aromatic heterocycles. The molecule has 0 aliphatic rings. The van der Waals surface area contributed by atoms with Crippen LogP contribution >= 0.6 is 27.5 Å². The Hall–Kier alpha value is -0.990. The molecule has 19 heavy (non-hydrogen) atoms. The summed E-state index contributed by atoms with van der Waals surface area (Å²) in [6.07, 6.45) is 0. The van der Waals surface area contributed by atoms with Crippen LogP contribution in [0.4, 0.5) is 0 Å². The van der Waals surface area contributed by atoms with Crippen LogP contribution in [0, 0.1) is 13.8 Å². The van der Waals surface area contributed by atoms with Gasteiger partial charge in [-0.05, 0) is 48.2 Å². The van der Waals surface area contributed by atoms with E-state index in [1.807, 2.05) is 24.3 Å². The first-order valence-electron chi connectivity index (χ1n) is 6.13. The van der Waals surface area contributed by atoms with E-state index in [9.17, 15) is 0 Å². The van der Waals surface area contributed by atoms with Crippen molar-refractivity contribution in [1.82, 2.24) is 0 Å². The first-order chi connectivity index (χ1) is 9.10. The molecule has 0 saturated carbocycles. The normalized spacial score (nSPS) is 10.5. The monoisotopic (exact) mass is 338 g/mol. The minimum absolute atomic E-state index is 0.538. The first kappa shape index (κ1) is 14.4. The quantitative estimate of drug-likeness (QED) is 0.675. The van der Waals surface area contributed by atoms with E-state index in [-0.39, 0.29) is 0 Å². The molecule has 0 N–H and O–H groups in total. The summed E-state index contributed by atoms with van der Waals surface area (Å²) in [6.45, 7) is 4.69. The average Bonchev–Trinajstić information content (AvgIpc) is 2.37. The van der Waals surface area contributed by atoms with Gasteiger partial charge in [0.1, 0.15) is 12.4 Å². The van der Waals surface area contributed by atoms with Crippen LogP contribution in [0.15, 0.2) is 36.4 Å². The lowest BCUT2D eigenvalue weighted by molar-refractivity contribution is 0.302. The van der Waals surface area contributed by atoms with Crippen LogP contribution in [-0.2, 0) is 11.9 Å². The van der Waals surface area contributed by atoms with Crippen molar-refractivity contribution < 1.29 is 4.74 Å². The number of benzene rings is 2. The highest BCUT2D eigenvalue weighted by Crippen LogP contribution is 2.26. The van der Waals surface area contributed by atoms with Crippen LogP contribution in [0.3, 0.4) is 0 Å². The van der Waals surface area contributed by atoms with Gasteiger partial charge in [0.05, 0.1) is 0 Å². The molecule has 2 rings (SSSR count). The fraction of sp³-hybridized carbons (Fsp3) is 0.250. The van der Waals surface area contributed by atoms with Crippen molar-refractivity contribution in [3.05, 3.63) is 63.7 Å². The summed E-state index contributed by atoms with van der Waals surface area (Å²) >= 11 is 9.45. The van der Waals surface area contributed by atoms with Crippen molar-refractivity contribution in [2.45, 2.75) is 25.8 Å². The maximum absolute atomic E-state index is 5.97. The number of alkyl halides is 1. The molecule has 0 spiro atoms. The van der Waals surface area contributed by atoms with Crippen LogP contribution in [0.2, 0.25) is 5.02 Å². The zero-order valence-electron chi connectivity index (χ0n) is 11.0. The van der Waals surface area contributed by atoms with Gasteiger partial charge in [-0.3, -0.25) is 0 Å². The Labute approximate surface area is 127 Å². The van der Waals surface area contributed by atoms with E-state index in [1.165, 1.54) is 5.56 Å². The van der Waals surface area contributed by atoms with Gasteiger partial charge in [0.25, 0.3) is 0 Å². The van der Waals surface area contributed by atoms with Crippen LogP contribution in [0.25, 0.3) is 0 Å². The third-order valence-corrected chi connectivity index (χ3v) is 3.83. The molecule has 0 bridgehead atoms. The molecule has 0 radical (unpaired) electrons. The second kappa shape index (κ2) is 6.44. The standard InChI is InChI=1S/C16H16BrClO/c1-11-6-14(9-17)7-12(2)16(11)19-10-13-4-3-5-15(18)8-13/h3-8H,9-10H2,1-2H3. The van der Waals surface area contributed by atoms with Gasteiger partial charge in [-0.25, -0.2) is 0 Å². The van der Waals surface area contributed by atoms with E-state index in [0.29, 0.717) is 6.61 Å². The Morgan fingerprint density at radius 3 is 2.32 bits per heavy atom. The first-order valence-corrected chi connectivity index (χ1v) is 7.63. The molecule has 3 heteroatoms. The summed E-state index contributed by atoms with van der Waals surface area (Å²) in [5.41, 5.74) is 4.67. The molecule has 1 nitrogen and oxygen atoms in total. The predicted molar refractivity (Wildman–Crippen MR) is 84.3 cm³/mol. The number of aryl methyl sites for hydroxylation is 2. The molecule has 2 aromatic carbocycles. The predicted octanol–water partition coefficient (Wildman–Crippen LogP) is 5.43. The molecular weight excluding hydrogens is 324 g/mol. The molecule has 100 valence electrons. The maximum atomic E-state index is 5.97. The number of halogens is 2. The summed E-state index contributed by atoms with van der Waals surface area (Å²) in [7, 11) is 0. The van der Waals surface area contributed by atoms with Gasteiger partial charge in [0.2, 0.25) is 0 Å². The summed E-state index contributed by atoms with van der Waals surface area (Å²) in [6, 6.07) is 12.0. The lowest BCUT2D eigenvalue weighted by atomic mass is 10.1. The highest BCUT2D eigenvalue weighted by atomic mass is 79.9.